The summed E-state index contributed by atoms with van der Waals surface area (Å²) in [6.07, 6.45) is 0. The summed E-state index contributed by atoms with van der Waals surface area (Å²) in [4.78, 5) is 14.2. The number of nitrogens with zero attached hydrogens (tertiary/aromatic N) is 1. The van der Waals surface area contributed by atoms with Gasteiger partial charge in [-0.25, -0.2) is 0 Å². The molecule has 21 heavy (non-hydrogen) atoms. The maximum atomic E-state index is 12.5. The summed E-state index contributed by atoms with van der Waals surface area (Å²) in [7, 11) is 0. The van der Waals surface area contributed by atoms with Crippen LogP contribution in [-0.4, -0.2) is 34.6 Å². The Labute approximate surface area is 124 Å². The van der Waals surface area contributed by atoms with Crippen LogP contribution in [0.1, 0.15) is 24.2 Å². The molecule has 0 saturated carbocycles. The van der Waals surface area contributed by atoms with Crippen LogP contribution in [0.2, 0.25) is 0 Å². The maximum absolute atomic E-state index is 12.5. The van der Waals surface area contributed by atoms with E-state index in [2.05, 4.69) is 0 Å². The van der Waals surface area contributed by atoms with Crippen molar-refractivity contribution in [2.45, 2.75) is 19.4 Å². The molecule has 2 aromatic rings. The molecule has 1 aliphatic heterocycles. The first-order valence-corrected chi connectivity index (χ1v) is 7.21. The van der Waals surface area contributed by atoms with Crippen molar-refractivity contribution in [2.75, 3.05) is 18.8 Å². The van der Waals surface area contributed by atoms with E-state index in [0.717, 1.165) is 10.8 Å². The molecule has 1 amide bonds. The number of nitrogen functional groups attached to an aromatic ring is 1. The van der Waals surface area contributed by atoms with Crippen LogP contribution in [0, 0.1) is 5.92 Å². The van der Waals surface area contributed by atoms with Gasteiger partial charge in [0.25, 0.3) is 5.91 Å². The Kier molecular flexibility index (Phi) is 3.14. The van der Waals surface area contributed by atoms with E-state index >= 15 is 0 Å². The molecule has 1 aliphatic rings. The minimum atomic E-state index is -0.763. The molecule has 0 bridgehead atoms. The Morgan fingerprint density at radius 3 is 2.38 bits per heavy atom. The fourth-order valence-electron chi connectivity index (χ4n) is 2.74. The van der Waals surface area contributed by atoms with Crippen molar-refractivity contribution in [1.82, 2.24) is 4.90 Å². The molecule has 4 nitrogen and oxygen atoms in total. The largest absolute Gasteiger partial charge is 0.398 e. The van der Waals surface area contributed by atoms with Gasteiger partial charge < -0.3 is 15.7 Å². The van der Waals surface area contributed by atoms with E-state index in [4.69, 9.17) is 5.73 Å². The Morgan fingerprint density at radius 2 is 1.81 bits per heavy atom. The highest BCUT2D eigenvalue weighted by Crippen LogP contribution is 2.31. The second kappa shape index (κ2) is 4.74. The zero-order valence-corrected chi connectivity index (χ0v) is 12.3. The predicted octanol–water partition coefficient (Wildman–Crippen LogP) is 2.26. The van der Waals surface area contributed by atoms with E-state index in [1.807, 2.05) is 50.2 Å². The maximum Gasteiger partial charge on any atom is 0.256 e. The number of rotatable bonds is 2. The smallest absolute Gasteiger partial charge is 0.256 e. The van der Waals surface area contributed by atoms with E-state index in [9.17, 15) is 9.90 Å². The molecule has 0 radical (unpaired) electrons. The fourth-order valence-corrected chi connectivity index (χ4v) is 2.74. The lowest BCUT2D eigenvalue weighted by Gasteiger charge is -2.49. The van der Waals surface area contributed by atoms with Gasteiger partial charge in [0.15, 0.2) is 0 Å². The first kappa shape index (κ1) is 13.9. The number of nitrogens with two attached hydrogens (primary N) is 1. The molecular formula is C17H20N2O2. The summed E-state index contributed by atoms with van der Waals surface area (Å²) in [6, 6.07) is 11.5. The number of hydrogen-bond donors (Lipinski definition) is 2. The lowest BCUT2D eigenvalue weighted by atomic mass is 9.82. The van der Waals surface area contributed by atoms with Crippen molar-refractivity contribution in [3.8, 4) is 0 Å². The number of carbonyl (C=O) groups is 1. The molecule has 0 atom stereocenters. The lowest BCUT2D eigenvalue weighted by molar-refractivity contribution is -0.110. The van der Waals surface area contributed by atoms with Gasteiger partial charge in [0.1, 0.15) is 5.60 Å². The van der Waals surface area contributed by atoms with Crippen LogP contribution in [0.25, 0.3) is 10.8 Å². The summed E-state index contributed by atoms with van der Waals surface area (Å²) >= 11 is 0. The third-order valence-corrected chi connectivity index (χ3v) is 4.44. The Balaban J connectivity index is 1.88. The number of amides is 1. The normalized spacial score (nSPS) is 17.0. The highest BCUT2D eigenvalue weighted by molar-refractivity contribution is 6.04. The van der Waals surface area contributed by atoms with E-state index < -0.39 is 5.60 Å². The molecule has 3 N–H and O–H groups in total. The third-order valence-electron chi connectivity index (χ3n) is 4.44. The molecule has 0 aliphatic carbocycles. The zero-order valence-electron chi connectivity index (χ0n) is 12.3. The number of carbonyl (C=O) groups excluding carboxylic acids is 1. The van der Waals surface area contributed by atoms with Crippen LogP contribution in [0.5, 0.6) is 0 Å². The average Bonchev–Trinajstić information content (AvgIpc) is 2.42. The van der Waals surface area contributed by atoms with Gasteiger partial charge in [-0.3, -0.25) is 4.79 Å². The Hall–Kier alpha value is -2.07. The molecule has 2 aromatic carbocycles. The van der Waals surface area contributed by atoms with E-state index in [1.54, 1.807) is 4.90 Å². The van der Waals surface area contributed by atoms with Crippen LogP contribution < -0.4 is 5.73 Å². The Bertz CT molecular complexity index is 703. The summed E-state index contributed by atoms with van der Waals surface area (Å²) in [6.45, 7) is 4.67. The third kappa shape index (κ3) is 2.25. The van der Waals surface area contributed by atoms with Crippen molar-refractivity contribution in [2.24, 2.45) is 5.92 Å². The van der Waals surface area contributed by atoms with Crippen LogP contribution in [0.3, 0.4) is 0 Å². The first-order chi connectivity index (χ1) is 9.90. The molecule has 0 aromatic heterocycles. The van der Waals surface area contributed by atoms with Gasteiger partial charge in [0, 0.05) is 5.69 Å². The van der Waals surface area contributed by atoms with Crippen molar-refractivity contribution >= 4 is 22.4 Å². The van der Waals surface area contributed by atoms with Gasteiger partial charge in [-0.15, -0.1) is 0 Å². The molecule has 1 fully saturated rings. The number of hydrogen-bond acceptors (Lipinski definition) is 3. The zero-order chi connectivity index (χ0) is 15.2. The second-order valence-electron chi connectivity index (χ2n) is 6.21. The molecule has 3 rings (SSSR count). The van der Waals surface area contributed by atoms with Crippen LogP contribution in [-0.2, 0) is 0 Å². The van der Waals surface area contributed by atoms with E-state index in [1.165, 1.54) is 0 Å². The van der Waals surface area contributed by atoms with Crippen molar-refractivity contribution in [3.05, 3.63) is 42.0 Å². The van der Waals surface area contributed by atoms with E-state index in [0.29, 0.717) is 24.3 Å². The van der Waals surface area contributed by atoms with Gasteiger partial charge in [0.05, 0.1) is 18.7 Å². The van der Waals surface area contributed by atoms with Crippen LogP contribution >= 0.6 is 0 Å². The van der Waals surface area contributed by atoms with Crippen molar-refractivity contribution in [1.29, 1.82) is 0 Å². The number of aliphatic hydroxyl groups is 1. The SMILES string of the molecule is CC(C)C1(O)CN(C(=O)c2cc3ccccc3cc2N)C1. The van der Waals surface area contributed by atoms with Gasteiger partial charge in [0.2, 0.25) is 0 Å². The number of benzene rings is 2. The average molecular weight is 284 g/mol. The summed E-state index contributed by atoms with van der Waals surface area (Å²) in [5.41, 5.74) is 6.26. The predicted molar refractivity (Wildman–Crippen MR) is 84.1 cm³/mol. The molecule has 4 heteroatoms. The highest BCUT2D eigenvalue weighted by atomic mass is 16.3. The monoisotopic (exact) mass is 284 g/mol. The minimum Gasteiger partial charge on any atom is -0.398 e. The minimum absolute atomic E-state index is 0.108. The van der Waals surface area contributed by atoms with Gasteiger partial charge in [-0.1, -0.05) is 38.1 Å². The molecule has 1 heterocycles. The van der Waals surface area contributed by atoms with Crippen molar-refractivity contribution < 1.29 is 9.90 Å². The number of β-amino-alcohol motifs (C(OH)–C–C–N with tert-alkyl or cyclic N) is 1. The van der Waals surface area contributed by atoms with Gasteiger partial charge in [-0.2, -0.15) is 0 Å². The number of likely N-dealkylation sites (tertiary alicyclic amines) is 1. The standard InChI is InChI=1S/C17H20N2O2/c1-11(2)17(21)9-19(10-17)16(20)14-7-12-5-3-4-6-13(12)8-15(14)18/h3-8,11,21H,9-10,18H2,1-2H3. The molecule has 0 unspecified atom stereocenters. The highest BCUT2D eigenvalue weighted by Gasteiger charge is 2.46. The molecule has 0 spiro atoms. The van der Waals surface area contributed by atoms with Crippen molar-refractivity contribution in [3.63, 3.8) is 0 Å². The summed E-state index contributed by atoms with van der Waals surface area (Å²) < 4.78 is 0. The second-order valence-corrected chi connectivity index (χ2v) is 6.21. The molecule has 110 valence electrons. The van der Waals surface area contributed by atoms with E-state index in [-0.39, 0.29) is 11.8 Å². The lowest BCUT2D eigenvalue weighted by Crippen LogP contribution is -2.66. The van der Waals surface area contributed by atoms with Gasteiger partial charge >= 0.3 is 0 Å². The quantitative estimate of drug-likeness (QED) is 0.831. The van der Waals surface area contributed by atoms with Crippen LogP contribution in [0.4, 0.5) is 5.69 Å². The van der Waals surface area contributed by atoms with Crippen LogP contribution in [0.15, 0.2) is 36.4 Å². The number of fused-ring (bicyclic) bond motifs is 1. The summed E-state index contributed by atoms with van der Waals surface area (Å²) in [5, 5.41) is 12.3. The summed E-state index contributed by atoms with van der Waals surface area (Å²) in [5.74, 6) is 0.0269. The Morgan fingerprint density at radius 1 is 1.24 bits per heavy atom. The molecule has 1 saturated heterocycles. The topological polar surface area (TPSA) is 66.6 Å². The first-order valence-electron chi connectivity index (χ1n) is 7.21. The molecular weight excluding hydrogens is 264 g/mol. The fraction of sp³-hybridized carbons (Fsp3) is 0.353. The van der Waals surface area contributed by atoms with Gasteiger partial charge in [-0.05, 0) is 28.8 Å². The number of anilines is 1.